The maximum absolute atomic E-state index is 6.27. The third-order valence-electron chi connectivity index (χ3n) is 3.39. The Balaban J connectivity index is 1.71. The Kier molecular flexibility index (Phi) is 5.67. The Morgan fingerprint density at radius 3 is 2.67 bits per heavy atom. The molecular weight excluding hydrogens is 258 g/mol. The standard InChI is InChI=1S/C15H23NS2/c1-2-3-4-5-6-7-8-12(16)14-11-15-13(18-14)9-10-17-15/h9-12H,2-8,16H2,1H3. The quantitative estimate of drug-likeness (QED) is 0.616. The predicted octanol–water partition coefficient (Wildman–Crippen LogP) is 5.71. The molecule has 0 spiro atoms. The van der Waals surface area contributed by atoms with Crippen molar-refractivity contribution >= 4 is 32.1 Å². The fourth-order valence-electron chi connectivity index (χ4n) is 2.25. The minimum absolute atomic E-state index is 0.251. The van der Waals surface area contributed by atoms with Crippen molar-refractivity contribution in [1.82, 2.24) is 0 Å². The lowest BCUT2D eigenvalue weighted by Crippen LogP contribution is -2.08. The molecule has 0 radical (unpaired) electrons. The summed E-state index contributed by atoms with van der Waals surface area (Å²) in [4.78, 5) is 1.37. The fraction of sp³-hybridized carbons (Fsp3) is 0.600. The second-order valence-corrected chi connectivity index (χ2v) is 7.02. The number of thiophene rings is 2. The second-order valence-electron chi connectivity index (χ2n) is 4.96. The summed E-state index contributed by atoms with van der Waals surface area (Å²) in [6.45, 7) is 2.26. The molecule has 2 N–H and O–H groups in total. The molecule has 0 aliphatic rings. The van der Waals surface area contributed by atoms with E-state index in [2.05, 4.69) is 24.4 Å². The molecule has 1 nitrogen and oxygen atoms in total. The Labute approximate surface area is 118 Å². The highest BCUT2D eigenvalue weighted by molar-refractivity contribution is 7.26. The molecule has 2 aromatic rings. The lowest BCUT2D eigenvalue weighted by Gasteiger charge is -2.08. The van der Waals surface area contributed by atoms with Crippen molar-refractivity contribution in [2.45, 2.75) is 57.9 Å². The highest BCUT2D eigenvalue weighted by atomic mass is 32.1. The predicted molar refractivity (Wildman–Crippen MR) is 84.6 cm³/mol. The van der Waals surface area contributed by atoms with Crippen LogP contribution in [0, 0.1) is 0 Å². The third-order valence-corrected chi connectivity index (χ3v) is 5.62. The van der Waals surface area contributed by atoms with Crippen LogP contribution < -0.4 is 5.73 Å². The largest absolute Gasteiger partial charge is 0.323 e. The summed E-state index contributed by atoms with van der Waals surface area (Å²) in [5.74, 6) is 0. The molecule has 0 bridgehead atoms. The first kappa shape index (κ1) is 14.0. The van der Waals surface area contributed by atoms with Gasteiger partial charge in [-0.2, -0.15) is 0 Å². The van der Waals surface area contributed by atoms with Crippen LogP contribution in [-0.2, 0) is 0 Å². The van der Waals surface area contributed by atoms with Gasteiger partial charge in [-0.05, 0) is 23.9 Å². The Hall–Kier alpha value is -0.380. The van der Waals surface area contributed by atoms with E-state index in [-0.39, 0.29) is 6.04 Å². The van der Waals surface area contributed by atoms with Crippen LogP contribution in [0.4, 0.5) is 0 Å². The monoisotopic (exact) mass is 281 g/mol. The van der Waals surface area contributed by atoms with Crippen LogP contribution >= 0.6 is 22.7 Å². The first-order valence-electron chi connectivity index (χ1n) is 7.03. The number of hydrogen-bond acceptors (Lipinski definition) is 3. The highest BCUT2D eigenvalue weighted by Crippen LogP contribution is 2.34. The molecule has 1 atom stereocenters. The van der Waals surface area contributed by atoms with E-state index in [0.717, 1.165) is 6.42 Å². The smallest absolute Gasteiger partial charge is 0.0454 e. The van der Waals surface area contributed by atoms with Crippen molar-refractivity contribution in [3.05, 3.63) is 22.4 Å². The summed E-state index contributed by atoms with van der Waals surface area (Å²) in [6.07, 6.45) is 9.23. The molecule has 0 aromatic carbocycles. The summed E-state index contributed by atoms with van der Waals surface area (Å²) >= 11 is 3.69. The van der Waals surface area contributed by atoms with Gasteiger partial charge >= 0.3 is 0 Å². The third kappa shape index (κ3) is 3.81. The Morgan fingerprint density at radius 1 is 1.11 bits per heavy atom. The number of fused-ring (bicyclic) bond motifs is 1. The number of nitrogens with two attached hydrogens (primary N) is 1. The SMILES string of the molecule is CCCCCCCCC(N)c1cc2sccc2s1. The Bertz CT molecular complexity index is 429. The molecule has 0 aliphatic carbocycles. The number of unbranched alkanes of at least 4 members (excludes halogenated alkanes) is 5. The van der Waals surface area contributed by atoms with E-state index in [9.17, 15) is 0 Å². The van der Waals surface area contributed by atoms with Gasteiger partial charge in [-0.1, -0.05) is 45.4 Å². The molecule has 1 unspecified atom stereocenters. The van der Waals surface area contributed by atoms with Gasteiger partial charge in [0.2, 0.25) is 0 Å². The van der Waals surface area contributed by atoms with Crippen molar-refractivity contribution < 1.29 is 0 Å². The van der Waals surface area contributed by atoms with Gasteiger partial charge in [0.15, 0.2) is 0 Å². The van der Waals surface area contributed by atoms with Crippen molar-refractivity contribution in [2.75, 3.05) is 0 Å². The minimum Gasteiger partial charge on any atom is -0.323 e. The topological polar surface area (TPSA) is 26.0 Å². The zero-order valence-electron chi connectivity index (χ0n) is 11.2. The molecule has 100 valence electrons. The average Bonchev–Trinajstić information content (AvgIpc) is 2.93. The van der Waals surface area contributed by atoms with Gasteiger partial charge in [0, 0.05) is 20.3 Å². The molecule has 3 heteroatoms. The van der Waals surface area contributed by atoms with Crippen molar-refractivity contribution in [1.29, 1.82) is 0 Å². The average molecular weight is 281 g/mol. The summed E-state index contributed by atoms with van der Waals surface area (Å²) in [5, 5.41) is 2.16. The zero-order chi connectivity index (χ0) is 12.8. The maximum atomic E-state index is 6.27. The van der Waals surface area contributed by atoms with E-state index in [1.165, 1.54) is 52.8 Å². The van der Waals surface area contributed by atoms with E-state index in [4.69, 9.17) is 5.73 Å². The van der Waals surface area contributed by atoms with Crippen LogP contribution in [0.1, 0.15) is 62.8 Å². The normalized spacial score (nSPS) is 13.2. The van der Waals surface area contributed by atoms with Crippen molar-refractivity contribution in [3.63, 3.8) is 0 Å². The zero-order valence-corrected chi connectivity index (χ0v) is 12.8. The summed E-state index contributed by atoms with van der Waals surface area (Å²) in [7, 11) is 0. The number of rotatable bonds is 8. The summed E-state index contributed by atoms with van der Waals surface area (Å²) in [5.41, 5.74) is 6.27. The molecule has 0 amide bonds. The van der Waals surface area contributed by atoms with Gasteiger partial charge in [0.05, 0.1) is 0 Å². The fourth-order valence-corrected chi connectivity index (χ4v) is 4.41. The molecule has 2 aromatic heterocycles. The molecule has 2 heterocycles. The van der Waals surface area contributed by atoms with E-state index >= 15 is 0 Å². The lowest BCUT2D eigenvalue weighted by atomic mass is 10.1. The van der Waals surface area contributed by atoms with Gasteiger partial charge in [-0.15, -0.1) is 22.7 Å². The van der Waals surface area contributed by atoms with Crippen LogP contribution in [0.15, 0.2) is 17.5 Å². The van der Waals surface area contributed by atoms with Gasteiger partial charge in [0.1, 0.15) is 0 Å². The van der Waals surface area contributed by atoms with Crippen molar-refractivity contribution in [3.8, 4) is 0 Å². The molecule has 0 saturated heterocycles. The molecule has 0 fully saturated rings. The van der Waals surface area contributed by atoms with E-state index in [0.29, 0.717) is 0 Å². The van der Waals surface area contributed by atoms with Crippen LogP contribution in [0.3, 0.4) is 0 Å². The van der Waals surface area contributed by atoms with Crippen LogP contribution in [0.2, 0.25) is 0 Å². The van der Waals surface area contributed by atoms with Crippen LogP contribution in [0.25, 0.3) is 9.40 Å². The van der Waals surface area contributed by atoms with E-state index in [1.807, 2.05) is 22.7 Å². The highest BCUT2D eigenvalue weighted by Gasteiger charge is 2.10. The van der Waals surface area contributed by atoms with E-state index < -0.39 is 0 Å². The second kappa shape index (κ2) is 7.27. The molecule has 18 heavy (non-hydrogen) atoms. The Morgan fingerprint density at radius 2 is 1.89 bits per heavy atom. The first-order valence-corrected chi connectivity index (χ1v) is 8.73. The van der Waals surface area contributed by atoms with Gasteiger partial charge < -0.3 is 5.73 Å². The molecule has 0 aliphatic heterocycles. The summed E-state index contributed by atoms with van der Waals surface area (Å²) in [6, 6.07) is 4.73. The van der Waals surface area contributed by atoms with Gasteiger partial charge in [0.25, 0.3) is 0 Å². The van der Waals surface area contributed by atoms with Crippen molar-refractivity contribution in [2.24, 2.45) is 5.73 Å². The van der Waals surface area contributed by atoms with Crippen LogP contribution in [-0.4, -0.2) is 0 Å². The lowest BCUT2D eigenvalue weighted by molar-refractivity contribution is 0.551. The molecule has 0 saturated carbocycles. The van der Waals surface area contributed by atoms with Gasteiger partial charge in [-0.25, -0.2) is 0 Å². The molecule has 2 rings (SSSR count). The van der Waals surface area contributed by atoms with Gasteiger partial charge in [-0.3, -0.25) is 0 Å². The number of hydrogen-bond donors (Lipinski definition) is 1. The summed E-state index contributed by atoms with van der Waals surface area (Å²) < 4.78 is 2.79. The molecular formula is C15H23NS2. The maximum Gasteiger partial charge on any atom is 0.0454 e. The minimum atomic E-state index is 0.251. The first-order chi connectivity index (χ1) is 8.81. The van der Waals surface area contributed by atoms with E-state index in [1.54, 1.807) is 0 Å². The van der Waals surface area contributed by atoms with Crippen LogP contribution in [0.5, 0.6) is 0 Å².